The number of rotatable bonds is 4. The normalized spacial score (nSPS) is 27.9. The maximum Gasteiger partial charge on any atom is 0.249 e. The van der Waals surface area contributed by atoms with E-state index < -0.39 is 0 Å². The van der Waals surface area contributed by atoms with Gasteiger partial charge in [-0.2, -0.15) is 0 Å². The van der Waals surface area contributed by atoms with E-state index in [-0.39, 0.29) is 24.5 Å². The lowest BCUT2D eigenvalue weighted by Crippen LogP contribution is -2.37. The largest absolute Gasteiger partial charge is 0.480 e. The molecule has 0 radical (unpaired) electrons. The van der Waals surface area contributed by atoms with Gasteiger partial charge in [0.15, 0.2) is 0 Å². The van der Waals surface area contributed by atoms with E-state index in [4.69, 9.17) is 9.57 Å². The van der Waals surface area contributed by atoms with Crippen molar-refractivity contribution in [2.75, 3.05) is 20.3 Å². The third-order valence-corrected chi connectivity index (χ3v) is 4.76. The Kier molecular flexibility index (Phi) is 5.07. The Hall–Kier alpha value is -1.73. The van der Waals surface area contributed by atoms with Gasteiger partial charge in [0.25, 0.3) is 0 Å². The average molecular weight is 321 g/mol. The third-order valence-electron chi connectivity index (χ3n) is 4.76. The number of carbonyl (C=O) groups excluding carboxylic acids is 1. The molecule has 1 aromatic rings. The fourth-order valence-electron chi connectivity index (χ4n) is 3.35. The number of methoxy groups -OCH3 is 1. The third kappa shape index (κ3) is 3.45. The Morgan fingerprint density at radius 3 is 2.83 bits per heavy atom. The molecule has 1 saturated heterocycles. The molecule has 1 aliphatic heterocycles. The van der Waals surface area contributed by atoms with E-state index >= 15 is 0 Å². The van der Waals surface area contributed by atoms with Crippen molar-refractivity contribution in [3.8, 4) is 5.88 Å². The van der Waals surface area contributed by atoms with Crippen LogP contribution in [0.25, 0.3) is 0 Å². The number of aliphatic hydroxyl groups is 1. The summed E-state index contributed by atoms with van der Waals surface area (Å²) in [6.07, 6.45) is 7.31. The molecule has 126 valence electrons. The highest BCUT2D eigenvalue weighted by Crippen LogP contribution is 2.35. The summed E-state index contributed by atoms with van der Waals surface area (Å²) in [5.41, 5.74) is 0.694. The number of ether oxygens (including phenoxy) is 1. The minimum absolute atomic E-state index is 0.0218. The number of carbonyl (C=O) groups is 1. The van der Waals surface area contributed by atoms with Gasteiger partial charge in [-0.1, -0.05) is 0 Å². The van der Waals surface area contributed by atoms with Crippen LogP contribution < -0.4 is 4.74 Å². The number of amides is 1. The van der Waals surface area contributed by atoms with Gasteiger partial charge in [0.2, 0.25) is 11.8 Å². The fourth-order valence-corrected chi connectivity index (χ4v) is 3.35. The molecule has 1 amide bonds. The Morgan fingerprint density at radius 1 is 1.35 bits per heavy atom. The van der Waals surface area contributed by atoms with Crippen LogP contribution in [0.4, 0.5) is 0 Å². The topological polar surface area (TPSA) is 84.8 Å². The van der Waals surface area contributed by atoms with E-state index in [0.29, 0.717) is 30.5 Å². The molecule has 2 heterocycles. The van der Waals surface area contributed by atoms with Crippen LogP contribution in [-0.2, 0) is 9.63 Å². The van der Waals surface area contributed by atoms with E-state index in [0.717, 1.165) is 25.7 Å². The molecule has 3 rings (SSSR count). The Morgan fingerprint density at radius 2 is 2.13 bits per heavy atom. The predicted molar refractivity (Wildman–Crippen MR) is 81.3 cm³/mol. The second-order valence-corrected chi connectivity index (χ2v) is 6.19. The predicted octanol–water partition coefficient (Wildman–Crippen LogP) is 1.49. The second kappa shape index (κ2) is 7.23. The van der Waals surface area contributed by atoms with Crippen molar-refractivity contribution in [2.24, 2.45) is 11.8 Å². The number of hydroxylamine groups is 2. The molecule has 0 aromatic carbocycles. The van der Waals surface area contributed by atoms with Crippen molar-refractivity contribution < 1.29 is 19.5 Å². The van der Waals surface area contributed by atoms with Crippen LogP contribution in [0.5, 0.6) is 5.88 Å². The van der Waals surface area contributed by atoms with Crippen LogP contribution in [0.2, 0.25) is 0 Å². The number of aliphatic hydroxyl groups excluding tert-OH is 1. The fraction of sp³-hybridized carbons (Fsp3) is 0.688. The van der Waals surface area contributed by atoms with Crippen molar-refractivity contribution in [3.05, 3.63) is 18.1 Å². The van der Waals surface area contributed by atoms with E-state index in [1.807, 2.05) is 0 Å². The van der Waals surface area contributed by atoms with Crippen LogP contribution in [0, 0.1) is 11.8 Å². The van der Waals surface area contributed by atoms with Crippen LogP contribution >= 0.6 is 0 Å². The highest BCUT2D eigenvalue weighted by Gasteiger charge is 2.38. The van der Waals surface area contributed by atoms with E-state index in [1.165, 1.54) is 5.06 Å². The summed E-state index contributed by atoms with van der Waals surface area (Å²) < 4.78 is 5.11. The first-order valence-corrected chi connectivity index (χ1v) is 8.15. The van der Waals surface area contributed by atoms with Crippen molar-refractivity contribution in [1.29, 1.82) is 0 Å². The van der Waals surface area contributed by atoms with Gasteiger partial charge < -0.3 is 9.84 Å². The van der Waals surface area contributed by atoms with Gasteiger partial charge >= 0.3 is 0 Å². The summed E-state index contributed by atoms with van der Waals surface area (Å²) in [4.78, 5) is 26.9. The molecule has 1 aliphatic carbocycles. The lowest BCUT2D eigenvalue weighted by molar-refractivity contribution is -0.183. The maximum absolute atomic E-state index is 12.8. The zero-order valence-corrected chi connectivity index (χ0v) is 13.4. The second-order valence-electron chi connectivity index (χ2n) is 6.19. The molecule has 1 saturated carbocycles. The van der Waals surface area contributed by atoms with Gasteiger partial charge in [-0.3, -0.25) is 14.6 Å². The number of aromatic nitrogens is 2. The lowest BCUT2D eigenvalue weighted by atomic mass is 9.82. The zero-order valence-electron chi connectivity index (χ0n) is 13.4. The molecule has 2 aliphatic rings. The summed E-state index contributed by atoms with van der Waals surface area (Å²) in [6, 6.07) is -0.208. The van der Waals surface area contributed by atoms with Gasteiger partial charge in [0.05, 0.1) is 31.8 Å². The lowest BCUT2D eigenvalue weighted by Gasteiger charge is -2.31. The maximum atomic E-state index is 12.8. The van der Waals surface area contributed by atoms with Gasteiger partial charge in [0.1, 0.15) is 6.04 Å². The molecule has 0 spiro atoms. The summed E-state index contributed by atoms with van der Waals surface area (Å²) in [5.74, 6) is 0.759. The van der Waals surface area contributed by atoms with Gasteiger partial charge in [0, 0.05) is 18.9 Å². The molecule has 2 fully saturated rings. The van der Waals surface area contributed by atoms with E-state index in [9.17, 15) is 9.90 Å². The number of hydrogen-bond donors (Lipinski definition) is 1. The van der Waals surface area contributed by atoms with Crippen molar-refractivity contribution in [1.82, 2.24) is 15.0 Å². The molecule has 1 N–H and O–H groups in total. The molecular formula is C16H23N3O4. The van der Waals surface area contributed by atoms with Crippen molar-refractivity contribution in [3.63, 3.8) is 0 Å². The van der Waals surface area contributed by atoms with E-state index in [2.05, 4.69) is 9.97 Å². The van der Waals surface area contributed by atoms with Crippen LogP contribution in [0.15, 0.2) is 12.4 Å². The molecule has 23 heavy (non-hydrogen) atoms. The highest BCUT2D eigenvalue weighted by molar-refractivity contribution is 5.78. The van der Waals surface area contributed by atoms with E-state index in [1.54, 1.807) is 19.5 Å². The minimum atomic E-state index is -0.208. The monoisotopic (exact) mass is 321 g/mol. The first-order valence-electron chi connectivity index (χ1n) is 8.15. The van der Waals surface area contributed by atoms with Crippen molar-refractivity contribution >= 4 is 5.91 Å². The standard InChI is InChI=1S/C16H23N3O4/c1-22-15-9-17-8-13(18-15)14-6-7-23-19(14)16(21)12-4-2-11(10-20)3-5-12/h8-9,11-12,14,20H,2-7,10H2,1H3/t11?,12?,14-/m0/s1. The molecule has 1 atom stereocenters. The zero-order chi connectivity index (χ0) is 16.2. The van der Waals surface area contributed by atoms with Gasteiger partial charge in [-0.05, 0) is 31.6 Å². The molecule has 7 heteroatoms. The summed E-state index contributed by atoms with van der Waals surface area (Å²) >= 11 is 0. The highest BCUT2D eigenvalue weighted by atomic mass is 16.7. The van der Waals surface area contributed by atoms with Gasteiger partial charge in [-0.25, -0.2) is 10.0 Å². The Balaban J connectivity index is 1.70. The first kappa shape index (κ1) is 16.1. The van der Waals surface area contributed by atoms with Crippen LogP contribution in [-0.4, -0.2) is 46.4 Å². The summed E-state index contributed by atoms with van der Waals surface area (Å²) in [7, 11) is 1.54. The van der Waals surface area contributed by atoms with Gasteiger partial charge in [-0.15, -0.1) is 0 Å². The summed E-state index contributed by atoms with van der Waals surface area (Å²) in [6.45, 7) is 0.713. The molecule has 0 bridgehead atoms. The minimum Gasteiger partial charge on any atom is -0.480 e. The smallest absolute Gasteiger partial charge is 0.249 e. The Bertz CT molecular complexity index is 546. The van der Waals surface area contributed by atoms with Crippen molar-refractivity contribution in [2.45, 2.75) is 38.1 Å². The summed E-state index contributed by atoms with van der Waals surface area (Å²) in [5, 5.41) is 10.7. The SMILES string of the molecule is COc1cncc([C@@H]2CCON2C(=O)C2CCC(CO)CC2)n1. The molecule has 1 aromatic heterocycles. The van der Waals surface area contributed by atoms with Crippen LogP contribution in [0.1, 0.15) is 43.8 Å². The molecular weight excluding hydrogens is 298 g/mol. The molecule has 7 nitrogen and oxygen atoms in total. The first-order chi connectivity index (χ1) is 11.2. The number of hydrogen-bond acceptors (Lipinski definition) is 6. The number of nitrogens with zero attached hydrogens (tertiary/aromatic N) is 3. The Labute approximate surface area is 135 Å². The van der Waals surface area contributed by atoms with Crippen LogP contribution in [0.3, 0.4) is 0 Å². The average Bonchev–Trinajstić information content (AvgIpc) is 3.11. The quantitative estimate of drug-likeness (QED) is 0.904. The molecule has 0 unspecified atom stereocenters.